The van der Waals surface area contributed by atoms with Crippen LogP contribution in [-0.4, -0.2) is 11.3 Å². The van der Waals surface area contributed by atoms with E-state index >= 15 is 0 Å². The number of phenols is 1. The number of nitrogens with zero attached hydrogens (tertiary/aromatic N) is 1. The summed E-state index contributed by atoms with van der Waals surface area (Å²) < 4.78 is 0. The van der Waals surface area contributed by atoms with Gasteiger partial charge in [-0.05, 0) is 29.8 Å². The summed E-state index contributed by atoms with van der Waals surface area (Å²) in [6, 6.07) is 16.6. The highest BCUT2D eigenvalue weighted by Gasteiger charge is 1.89. The van der Waals surface area contributed by atoms with Gasteiger partial charge in [-0.2, -0.15) is 5.10 Å². The summed E-state index contributed by atoms with van der Waals surface area (Å²) in [6.45, 7) is 0. The number of anilines is 1. The van der Waals surface area contributed by atoms with Crippen molar-refractivity contribution in [2.45, 2.75) is 0 Å². The van der Waals surface area contributed by atoms with Gasteiger partial charge in [0.05, 0.1) is 11.9 Å². The lowest BCUT2D eigenvalue weighted by molar-refractivity contribution is 0.475. The fraction of sp³-hybridized carbons (Fsp3) is 0. The van der Waals surface area contributed by atoms with Crippen LogP contribution in [0.5, 0.6) is 5.75 Å². The molecule has 2 rings (SSSR count). The van der Waals surface area contributed by atoms with Gasteiger partial charge in [0.1, 0.15) is 5.75 Å². The van der Waals surface area contributed by atoms with Crippen molar-refractivity contribution in [1.82, 2.24) is 0 Å². The van der Waals surface area contributed by atoms with Crippen LogP contribution in [0.2, 0.25) is 0 Å². The van der Waals surface area contributed by atoms with Gasteiger partial charge in [0.15, 0.2) is 0 Å². The minimum absolute atomic E-state index is 0.248. The molecule has 2 aromatic rings. The molecule has 0 unspecified atom stereocenters. The molecule has 3 heteroatoms. The molecule has 0 saturated heterocycles. The van der Waals surface area contributed by atoms with E-state index < -0.39 is 0 Å². The number of benzene rings is 2. The highest BCUT2D eigenvalue weighted by atomic mass is 16.3. The molecule has 0 aromatic heterocycles. The maximum atomic E-state index is 9.09. The molecule has 0 radical (unpaired) electrons. The van der Waals surface area contributed by atoms with E-state index in [-0.39, 0.29) is 5.75 Å². The first-order chi connectivity index (χ1) is 7.84. The fourth-order valence-corrected chi connectivity index (χ4v) is 1.26. The maximum Gasteiger partial charge on any atom is 0.115 e. The largest absolute Gasteiger partial charge is 0.508 e. The molecule has 0 atom stereocenters. The van der Waals surface area contributed by atoms with Gasteiger partial charge in [-0.25, -0.2) is 0 Å². The van der Waals surface area contributed by atoms with Crippen molar-refractivity contribution in [3.05, 3.63) is 60.2 Å². The average Bonchev–Trinajstić information content (AvgIpc) is 2.33. The molecule has 0 heterocycles. The predicted molar refractivity (Wildman–Crippen MR) is 65.8 cm³/mol. The number of hydrazone groups is 1. The fourth-order valence-electron chi connectivity index (χ4n) is 1.26. The van der Waals surface area contributed by atoms with E-state index in [9.17, 15) is 0 Å². The maximum absolute atomic E-state index is 9.09. The van der Waals surface area contributed by atoms with E-state index in [1.807, 2.05) is 30.3 Å². The Hall–Kier alpha value is -2.29. The molecule has 0 fully saturated rings. The number of hydrogen-bond donors (Lipinski definition) is 2. The first-order valence-electron chi connectivity index (χ1n) is 4.98. The summed E-state index contributed by atoms with van der Waals surface area (Å²) >= 11 is 0. The zero-order valence-corrected chi connectivity index (χ0v) is 8.67. The Morgan fingerprint density at radius 3 is 2.31 bits per heavy atom. The molecule has 80 valence electrons. The molecule has 0 aliphatic rings. The Kier molecular flexibility index (Phi) is 3.18. The summed E-state index contributed by atoms with van der Waals surface area (Å²) in [7, 11) is 0. The number of nitrogens with one attached hydrogen (secondary N) is 1. The lowest BCUT2D eigenvalue weighted by Crippen LogP contribution is -1.89. The zero-order chi connectivity index (χ0) is 11.2. The molecule has 2 aromatic carbocycles. The summed E-state index contributed by atoms with van der Waals surface area (Å²) in [5, 5.41) is 13.2. The van der Waals surface area contributed by atoms with Crippen LogP contribution in [-0.2, 0) is 0 Å². The minimum atomic E-state index is 0.248. The molecule has 0 aliphatic carbocycles. The van der Waals surface area contributed by atoms with E-state index in [0.29, 0.717) is 0 Å². The third-order valence-corrected chi connectivity index (χ3v) is 2.07. The predicted octanol–water partition coefficient (Wildman–Crippen LogP) is 2.84. The van der Waals surface area contributed by atoms with Crippen molar-refractivity contribution in [1.29, 1.82) is 0 Å². The quantitative estimate of drug-likeness (QED) is 0.467. The lowest BCUT2D eigenvalue weighted by atomic mass is 10.2. The summed E-state index contributed by atoms with van der Waals surface area (Å²) in [4.78, 5) is 0. The Balaban J connectivity index is 1.97. The summed E-state index contributed by atoms with van der Waals surface area (Å²) in [6.07, 6.45) is 1.74. The van der Waals surface area contributed by atoms with Crippen LogP contribution in [0.3, 0.4) is 0 Å². The number of aromatic hydroxyl groups is 1. The van der Waals surface area contributed by atoms with Gasteiger partial charge in [-0.3, -0.25) is 5.43 Å². The van der Waals surface area contributed by atoms with E-state index in [0.717, 1.165) is 11.3 Å². The van der Waals surface area contributed by atoms with Crippen molar-refractivity contribution < 1.29 is 5.11 Å². The number of hydrogen-bond acceptors (Lipinski definition) is 3. The standard InChI is InChI=1S/C13H12N2O/c16-13-8-6-12(7-9-13)15-14-10-11-4-2-1-3-5-11/h1-10,15-16H. The number of rotatable bonds is 3. The molecular weight excluding hydrogens is 200 g/mol. The van der Waals surface area contributed by atoms with Crippen molar-refractivity contribution in [3.8, 4) is 5.75 Å². The molecule has 0 saturated carbocycles. The smallest absolute Gasteiger partial charge is 0.115 e. The van der Waals surface area contributed by atoms with Gasteiger partial charge in [0, 0.05) is 0 Å². The molecule has 0 spiro atoms. The highest BCUT2D eigenvalue weighted by molar-refractivity contribution is 5.80. The molecular formula is C13H12N2O. The van der Waals surface area contributed by atoms with Gasteiger partial charge < -0.3 is 5.11 Å². The molecule has 0 bridgehead atoms. The normalized spacial score (nSPS) is 10.5. The molecule has 3 nitrogen and oxygen atoms in total. The summed E-state index contributed by atoms with van der Waals surface area (Å²) in [5.74, 6) is 0.248. The lowest BCUT2D eigenvalue weighted by Gasteiger charge is -1.99. The zero-order valence-electron chi connectivity index (χ0n) is 8.67. The van der Waals surface area contributed by atoms with Crippen molar-refractivity contribution >= 4 is 11.9 Å². The average molecular weight is 212 g/mol. The minimum Gasteiger partial charge on any atom is -0.508 e. The Labute approximate surface area is 94.1 Å². The van der Waals surface area contributed by atoms with E-state index in [2.05, 4.69) is 10.5 Å². The van der Waals surface area contributed by atoms with Crippen LogP contribution in [0.25, 0.3) is 0 Å². The second-order valence-electron chi connectivity index (χ2n) is 3.33. The SMILES string of the molecule is Oc1ccc(NN=Cc2ccccc2)cc1. The van der Waals surface area contributed by atoms with Gasteiger partial charge in [0.25, 0.3) is 0 Å². The monoisotopic (exact) mass is 212 g/mol. The van der Waals surface area contributed by atoms with Crippen LogP contribution in [0.15, 0.2) is 59.7 Å². The molecule has 0 aliphatic heterocycles. The van der Waals surface area contributed by atoms with Crippen molar-refractivity contribution in [2.75, 3.05) is 5.43 Å². The van der Waals surface area contributed by atoms with Crippen LogP contribution in [0, 0.1) is 0 Å². The highest BCUT2D eigenvalue weighted by Crippen LogP contribution is 2.13. The van der Waals surface area contributed by atoms with Gasteiger partial charge in [0.2, 0.25) is 0 Å². The molecule has 0 amide bonds. The van der Waals surface area contributed by atoms with E-state index in [1.54, 1.807) is 30.5 Å². The third kappa shape index (κ3) is 2.85. The first-order valence-corrected chi connectivity index (χ1v) is 4.98. The van der Waals surface area contributed by atoms with Gasteiger partial charge >= 0.3 is 0 Å². The van der Waals surface area contributed by atoms with Crippen LogP contribution < -0.4 is 5.43 Å². The second kappa shape index (κ2) is 4.98. The topological polar surface area (TPSA) is 44.6 Å². The van der Waals surface area contributed by atoms with Crippen LogP contribution >= 0.6 is 0 Å². The second-order valence-corrected chi connectivity index (χ2v) is 3.33. The van der Waals surface area contributed by atoms with Crippen molar-refractivity contribution in [3.63, 3.8) is 0 Å². The van der Waals surface area contributed by atoms with Gasteiger partial charge in [-0.15, -0.1) is 0 Å². The third-order valence-electron chi connectivity index (χ3n) is 2.07. The molecule has 16 heavy (non-hydrogen) atoms. The van der Waals surface area contributed by atoms with Crippen LogP contribution in [0.1, 0.15) is 5.56 Å². The van der Waals surface area contributed by atoms with Gasteiger partial charge in [-0.1, -0.05) is 30.3 Å². The summed E-state index contributed by atoms with van der Waals surface area (Å²) in [5.41, 5.74) is 4.75. The Morgan fingerprint density at radius 1 is 0.938 bits per heavy atom. The van der Waals surface area contributed by atoms with E-state index in [4.69, 9.17) is 5.11 Å². The van der Waals surface area contributed by atoms with Crippen molar-refractivity contribution in [2.24, 2.45) is 5.10 Å². The van der Waals surface area contributed by atoms with Crippen LogP contribution in [0.4, 0.5) is 5.69 Å². The number of phenolic OH excluding ortho intramolecular Hbond substituents is 1. The Bertz CT molecular complexity index is 463. The molecule has 2 N–H and O–H groups in total. The Morgan fingerprint density at radius 2 is 1.62 bits per heavy atom. The first kappa shape index (κ1) is 10.2. The van der Waals surface area contributed by atoms with E-state index in [1.165, 1.54) is 0 Å².